The first-order valence-corrected chi connectivity index (χ1v) is 9.87. The van der Waals surface area contributed by atoms with E-state index in [-0.39, 0.29) is 11.3 Å². The molecule has 2 atom stereocenters. The van der Waals surface area contributed by atoms with Gasteiger partial charge < -0.3 is 10.6 Å². The molecule has 1 aliphatic carbocycles. The van der Waals surface area contributed by atoms with E-state index in [9.17, 15) is 4.79 Å². The highest BCUT2D eigenvalue weighted by Gasteiger charge is 2.43. The van der Waals surface area contributed by atoms with Crippen LogP contribution >= 0.6 is 23.2 Å². The lowest BCUT2D eigenvalue weighted by Crippen LogP contribution is -2.48. The van der Waals surface area contributed by atoms with Crippen LogP contribution in [0.2, 0.25) is 10.0 Å². The first kappa shape index (κ1) is 18.0. The van der Waals surface area contributed by atoms with Crippen molar-refractivity contribution in [3.8, 4) is 0 Å². The van der Waals surface area contributed by atoms with Crippen molar-refractivity contribution >= 4 is 41.3 Å². The number of nitrogens with zero attached hydrogens (tertiary/aromatic N) is 3. The Morgan fingerprint density at radius 1 is 1.19 bits per heavy atom. The summed E-state index contributed by atoms with van der Waals surface area (Å²) < 4.78 is 0. The Balaban J connectivity index is 1.47. The van der Waals surface area contributed by atoms with Crippen molar-refractivity contribution in [2.24, 2.45) is 21.1 Å². The molecule has 1 aromatic rings. The predicted molar refractivity (Wildman–Crippen MR) is 105 cm³/mol. The van der Waals surface area contributed by atoms with Crippen molar-refractivity contribution in [1.82, 2.24) is 4.90 Å². The number of likely N-dealkylation sites (tertiary alicyclic amines) is 1. The molecule has 138 valence electrons. The Bertz CT molecular complexity index is 784. The molecule has 1 saturated heterocycles. The number of hydrogen-bond donors (Lipinski definition) is 1. The van der Waals surface area contributed by atoms with Gasteiger partial charge in [-0.25, -0.2) is 4.99 Å². The third-order valence-corrected chi connectivity index (χ3v) is 6.98. The molecule has 1 saturated carbocycles. The van der Waals surface area contributed by atoms with E-state index < -0.39 is 5.92 Å². The van der Waals surface area contributed by atoms with Crippen LogP contribution in [0, 0.1) is 5.41 Å². The van der Waals surface area contributed by atoms with Gasteiger partial charge in [0.1, 0.15) is 5.92 Å². The Morgan fingerprint density at radius 2 is 1.96 bits per heavy atom. The van der Waals surface area contributed by atoms with E-state index in [1.807, 2.05) is 0 Å². The molecule has 1 aromatic carbocycles. The zero-order valence-corrected chi connectivity index (χ0v) is 16.0. The fraction of sp³-hybridized carbons (Fsp3) is 0.526. The second-order valence-corrected chi connectivity index (χ2v) is 8.28. The average molecular weight is 393 g/mol. The topological polar surface area (TPSA) is 71.0 Å². The minimum atomic E-state index is -0.579. The van der Waals surface area contributed by atoms with Crippen LogP contribution in [-0.2, 0) is 4.79 Å². The van der Waals surface area contributed by atoms with Crippen molar-refractivity contribution in [1.29, 1.82) is 0 Å². The molecule has 0 bridgehead atoms. The highest BCUT2D eigenvalue weighted by molar-refractivity contribution is 6.42. The number of hydrogen-bond acceptors (Lipinski definition) is 4. The van der Waals surface area contributed by atoms with E-state index in [4.69, 9.17) is 28.9 Å². The fourth-order valence-electron chi connectivity index (χ4n) is 4.47. The molecular weight excluding hydrogens is 371 g/mol. The van der Waals surface area contributed by atoms with Gasteiger partial charge in [-0.2, -0.15) is 4.99 Å². The van der Waals surface area contributed by atoms with Gasteiger partial charge >= 0.3 is 0 Å². The Hall–Kier alpha value is -1.43. The standard InChI is InChI=1S/C19H22Cl2N4O/c20-14-4-1-3-12(16(14)21)13-11-23-18(24-17(13)26)25-9-7-19(8-10-25)6-2-5-15(19)22/h1,3-4,11,13,15H,2,5-10,22H2/t13?,15-/m1/s1. The van der Waals surface area contributed by atoms with Crippen molar-refractivity contribution in [2.75, 3.05) is 13.1 Å². The normalized spacial score (nSPS) is 27.9. The Kier molecular flexibility index (Phi) is 4.80. The number of carbonyl (C=O) groups is 1. The molecule has 1 unspecified atom stereocenters. The number of piperidine rings is 1. The SMILES string of the molecule is N[C@@H]1CCCC12CCN(C1=NC(=O)C(c3cccc(Cl)c3Cl)C=N1)CC2. The summed E-state index contributed by atoms with van der Waals surface area (Å²) in [5, 5.41) is 0.808. The van der Waals surface area contributed by atoms with Gasteiger partial charge in [-0.05, 0) is 42.7 Å². The van der Waals surface area contributed by atoms with Crippen molar-refractivity contribution < 1.29 is 4.79 Å². The van der Waals surface area contributed by atoms with E-state index >= 15 is 0 Å². The number of aliphatic imine (C=N–C) groups is 2. The van der Waals surface area contributed by atoms with E-state index in [0.29, 0.717) is 27.6 Å². The first-order chi connectivity index (χ1) is 12.5. The van der Waals surface area contributed by atoms with Crippen LogP contribution in [-0.4, -0.2) is 42.1 Å². The quantitative estimate of drug-likeness (QED) is 0.792. The molecule has 7 heteroatoms. The molecule has 3 aliphatic rings. The largest absolute Gasteiger partial charge is 0.341 e. The van der Waals surface area contributed by atoms with Gasteiger partial charge in [-0.1, -0.05) is 41.8 Å². The third-order valence-electron chi connectivity index (χ3n) is 6.15. The fourth-order valence-corrected chi connectivity index (χ4v) is 4.89. The lowest BCUT2D eigenvalue weighted by Gasteiger charge is -2.42. The summed E-state index contributed by atoms with van der Waals surface area (Å²) in [7, 11) is 0. The summed E-state index contributed by atoms with van der Waals surface area (Å²) >= 11 is 12.3. The average Bonchev–Trinajstić information content (AvgIpc) is 2.98. The van der Waals surface area contributed by atoms with Gasteiger partial charge in [0.2, 0.25) is 5.96 Å². The van der Waals surface area contributed by atoms with Crippen LogP contribution in [0.1, 0.15) is 43.6 Å². The summed E-state index contributed by atoms with van der Waals surface area (Å²) in [6.07, 6.45) is 7.28. The van der Waals surface area contributed by atoms with E-state index in [0.717, 1.165) is 32.4 Å². The minimum Gasteiger partial charge on any atom is -0.341 e. The molecule has 0 radical (unpaired) electrons. The van der Waals surface area contributed by atoms with Gasteiger partial charge in [-0.15, -0.1) is 0 Å². The lowest BCUT2D eigenvalue weighted by molar-refractivity contribution is -0.117. The maximum atomic E-state index is 12.6. The summed E-state index contributed by atoms with van der Waals surface area (Å²) in [6, 6.07) is 5.57. The number of halogens is 2. The Labute approximate surface area is 163 Å². The molecule has 2 heterocycles. The van der Waals surface area contributed by atoms with E-state index in [2.05, 4.69) is 14.9 Å². The Morgan fingerprint density at radius 3 is 2.62 bits per heavy atom. The first-order valence-electron chi connectivity index (χ1n) is 9.11. The summed E-state index contributed by atoms with van der Waals surface area (Å²) in [4.78, 5) is 23.4. The molecule has 4 rings (SSSR count). The zero-order valence-electron chi connectivity index (χ0n) is 14.5. The van der Waals surface area contributed by atoms with E-state index in [1.54, 1.807) is 24.4 Å². The number of nitrogens with two attached hydrogens (primary N) is 1. The molecular formula is C19H22Cl2N4O. The highest BCUT2D eigenvalue weighted by Crippen LogP contribution is 2.45. The molecule has 2 fully saturated rings. The summed E-state index contributed by atoms with van der Waals surface area (Å²) in [5.74, 6) is -0.327. The van der Waals surface area contributed by atoms with Gasteiger partial charge in [0.15, 0.2) is 0 Å². The maximum absolute atomic E-state index is 12.6. The number of rotatable bonds is 1. The lowest BCUT2D eigenvalue weighted by atomic mass is 9.74. The monoisotopic (exact) mass is 392 g/mol. The van der Waals surface area contributed by atoms with Crippen LogP contribution in [0.3, 0.4) is 0 Å². The van der Waals surface area contributed by atoms with Crippen LogP contribution in [0.5, 0.6) is 0 Å². The summed E-state index contributed by atoms with van der Waals surface area (Å²) in [6.45, 7) is 1.69. The number of benzene rings is 1. The highest BCUT2D eigenvalue weighted by atomic mass is 35.5. The zero-order chi connectivity index (χ0) is 18.3. The van der Waals surface area contributed by atoms with Crippen molar-refractivity contribution in [2.45, 2.75) is 44.1 Å². The second kappa shape index (κ2) is 6.95. The molecule has 1 amide bonds. The second-order valence-electron chi connectivity index (χ2n) is 7.50. The van der Waals surface area contributed by atoms with Crippen LogP contribution < -0.4 is 5.73 Å². The maximum Gasteiger partial charge on any atom is 0.261 e. The number of carbonyl (C=O) groups excluding carboxylic acids is 1. The van der Waals surface area contributed by atoms with Gasteiger partial charge in [0.25, 0.3) is 5.91 Å². The number of guanidine groups is 1. The predicted octanol–water partition coefficient (Wildman–Crippen LogP) is 3.64. The molecule has 0 aromatic heterocycles. The van der Waals surface area contributed by atoms with Gasteiger partial charge in [0.05, 0.1) is 10.0 Å². The number of amides is 1. The molecule has 26 heavy (non-hydrogen) atoms. The van der Waals surface area contributed by atoms with Gasteiger partial charge in [0, 0.05) is 25.3 Å². The van der Waals surface area contributed by atoms with E-state index in [1.165, 1.54) is 12.8 Å². The molecule has 2 aliphatic heterocycles. The van der Waals surface area contributed by atoms with Crippen molar-refractivity contribution in [3.63, 3.8) is 0 Å². The van der Waals surface area contributed by atoms with Crippen LogP contribution in [0.15, 0.2) is 28.2 Å². The van der Waals surface area contributed by atoms with Crippen LogP contribution in [0.4, 0.5) is 0 Å². The van der Waals surface area contributed by atoms with Gasteiger partial charge in [-0.3, -0.25) is 4.79 Å². The van der Waals surface area contributed by atoms with Crippen LogP contribution in [0.25, 0.3) is 0 Å². The molecule has 2 N–H and O–H groups in total. The smallest absolute Gasteiger partial charge is 0.261 e. The van der Waals surface area contributed by atoms with Crippen molar-refractivity contribution in [3.05, 3.63) is 33.8 Å². The molecule has 5 nitrogen and oxygen atoms in total. The summed E-state index contributed by atoms with van der Waals surface area (Å²) in [5.41, 5.74) is 7.26. The third kappa shape index (κ3) is 3.06. The minimum absolute atomic E-state index is 0.253. The molecule has 1 spiro atoms.